The van der Waals surface area contributed by atoms with Crippen molar-refractivity contribution >= 4 is 70.5 Å². The van der Waals surface area contributed by atoms with Crippen LogP contribution in [0.2, 0.25) is 0 Å². The fraction of sp³-hybridized carbons (Fsp3) is 0.257. The highest BCUT2D eigenvalue weighted by molar-refractivity contribution is 7.14. The normalized spacial score (nSPS) is 11.8. The standard InChI is InChI=1S/C35H38N2O2S2/c1-3-4-5-6-7-8-27-36(2)30-15-9-28(10-16-30)13-19-32-21-23-34(40-32)25-26-35-24-22-33(41-35)20-14-29-11-17-31(18-12-29)37(38)39/h9-26H,3-8,27H2,1-2H3/b19-13+,20-14+,26-25+. The highest BCUT2D eigenvalue weighted by atomic mass is 32.1. The summed E-state index contributed by atoms with van der Waals surface area (Å²) in [5.74, 6) is 0. The maximum atomic E-state index is 10.8. The van der Waals surface area contributed by atoms with E-state index in [4.69, 9.17) is 0 Å². The molecule has 0 amide bonds. The Morgan fingerprint density at radius 3 is 1.56 bits per heavy atom. The Kier molecular flexibility index (Phi) is 11.7. The van der Waals surface area contributed by atoms with E-state index < -0.39 is 0 Å². The van der Waals surface area contributed by atoms with Gasteiger partial charge in [0.05, 0.1) is 4.92 Å². The van der Waals surface area contributed by atoms with Gasteiger partial charge in [0.15, 0.2) is 0 Å². The molecule has 0 atom stereocenters. The van der Waals surface area contributed by atoms with Gasteiger partial charge in [-0.3, -0.25) is 10.1 Å². The zero-order valence-corrected chi connectivity index (χ0v) is 25.5. The molecular weight excluding hydrogens is 545 g/mol. The molecule has 6 heteroatoms. The lowest BCUT2D eigenvalue weighted by Gasteiger charge is -2.19. The lowest BCUT2D eigenvalue weighted by atomic mass is 10.1. The van der Waals surface area contributed by atoms with E-state index in [9.17, 15) is 10.1 Å². The molecule has 0 unspecified atom stereocenters. The van der Waals surface area contributed by atoms with Crippen LogP contribution in [0.1, 0.15) is 76.1 Å². The van der Waals surface area contributed by atoms with Crippen LogP contribution in [0.5, 0.6) is 0 Å². The lowest BCUT2D eigenvalue weighted by molar-refractivity contribution is -0.384. The molecule has 0 bridgehead atoms. The Bertz CT molecular complexity index is 1460. The topological polar surface area (TPSA) is 46.4 Å². The first-order valence-electron chi connectivity index (χ1n) is 14.3. The minimum absolute atomic E-state index is 0.106. The van der Waals surface area contributed by atoms with Gasteiger partial charge in [0.2, 0.25) is 0 Å². The number of nitro groups is 1. The largest absolute Gasteiger partial charge is 0.375 e. The third-order valence-corrected chi connectivity index (χ3v) is 8.90. The molecule has 0 saturated carbocycles. The number of hydrogen-bond donors (Lipinski definition) is 0. The Balaban J connectivity index is 1.25. The van der Waals surface area contributed by atoms with Crippen molar-refractivity contribution in [2.45, 2.75) is 45.4 Å². The second-order valence-electron chi connectivity index (χ2n) is 10.1. The van der Waals surface area contributed by atoms with Gasteiger partial charge in [0.25, 0.3) is 5.69 Å². The molecule has 0 aliphatic carbocycles. The van der Waals surface area contributed by atoms with Crippen molar-refractivity contribution < 1.29 is 4.92 Å². The van der Waals surface area contributed by atoms with E-state index in [1.54, 1.807) is 34.8 Å². The number of anilines is 1. The molecule has 0 N–H and O–H groups in total. The predicted molar refractivity (Wildman–Crippen MR) is 182 cm³/mol. The molecule has 0 fully saturated rings. The van der Waals surface area contributed by atoms with Crippen molar-refractivity contribution in [3.8, 4) is 0 Å². The van der Waals surface area contributed by atoms with Crippen LogP contribution < -0.4 is 4.90 Å². The average molecular weight is 583 g/mol. The number of benzene rings is 2. The third kappa shape index (κ3) is 9.99. The summed E-state index contributed by atoms with van der Waals surface area (Å²) in [6.07, 6.45) is 20.6. The molecule has 0 spiro atoms. The highest BCUT2D eigenvalue weighted by Crippen LogP contribution is 2.25. The van der Waals surface area contributed by atoms with Crippen LogP contribution in [-0.4, -0.2) is 18.5 Å². The van der Waals surface area contributed by atoms with Crippen molar-refractivity contribution in [3.63, 3.8) is 0 Å². The molecule has 4 rings (SSSR count). The van der Waals surface area contributed by atoms with Crippen LogP contribution in [0.15, 0.2) is 72.8 Å². The van der Waals surface area contributed by atoms with Crippen LogP contribution in [-0.2, 0) is 0 Å². The molecule has 212 valence electrons. The zero-order valence-electron chi connectivity index (χ0n) is 23.9. The number of hydrogen-bond acceptors (Lipinski definition) is 5. The molecule has 4 nitrogen and oxygen atoms in total. The molecule has 2 aromatic carbocycles. The SMILES string of the molecule is CCCCCCCCN(C)c1ccc(/C=C/c2ccc(/C=C/c3ccc(/C=C/c4ccc([N+](=O)[O-])cc4)s3)s2)cc1. The second kappa shape index (κ2) is 15.9. The number of nitro benzene ring substituents is 1. The van der Waals surface area contributed by atoms with Gasteiger partial charge in [-0.05, 0) is 90.4 Å². The van der Waals surface area contributed by atoms with Gasteiger partial charge in [0.1, 0.15) is 0 Å². The van der Waals surface area contributed by atoms with Gasteiger partial charge >= 0.3 is 0 Å². The van der Waals surface area contributed by atoms with Gasteiger partial charge in [0, 0.05) is 50.9 Å². The minimum Gasteiger partial charge on any atom is -0.375 e. The van der Waals surface area contributed by atoms with Gasteiger partial charge in [-0.2, -0.15) is 0 Å². The summed E-state index contributed by atoms with van der Waals surface area (Å²) >= 11 is 3.48. The quantitative estimate of drug-likeness (QED) is 0.0795. The fourth-order valence-corrected chi connectivity index (χ4v) is 6.05. The van der Waals surface area contributed by atoms with Crippen LogP contribution in [0.3, 0.4) is 0 Å². The Morgan fingerprint density at radius 2 is 1.07 bits per heavy atom. The molecule has 0 saturated heterocycles. The smallest absolute Gasteiger partial charge is 0.269 e. The average Bonchev–Trinajstić information content (AvgIpc) is 3.65. The van der Waals surface area contributed by atoms with Crippen LogP contribution in [0.4, 0.5) is 11.4 Å². The number of rotatable bonds is 15. The summed E-state index contributed by atoms with van der Waals surface area (Å²) in [6, 6.07) is 23.9. The number of nitrogens with zero attached hydrogens (tertiary/aromatic N) is 2. The summed E-state index contributed by atoms with van der Waals surface area (Å²) in [5, 5.41) is 10.8. The summed E-state index contributed by atoms with van der Waals surface area (Å²) in [5.41, 5.74) is 3.53. The molecule has 2 heterocycles. The molecule has 41 heavy (non-hydrogen) atoms. The third-order valence-electron chi connectivity index (χ3n) is 6.87. The van der Waals surface area contributed by atoms with Crippen molar-refractivity contribution in [3.05, 3.63) is 114 Å². The Labute approximate surface area is 252 Å². The first-order chi connectivity index (χ1) is 20.0. The maximum absolute atomic E-state index is 10.8. The fourth-order valence-electron chi connectivity index (χ4n) is 4.42. The summed E-state index contributed by atoms with van der Waals surface area (Å²) < 4.78 is 0. The van der Waals surface area contributed by atoms with Crippen LogP contribution >= 0.6 is 22.7 Å². The lowest BCUT2D eigenvalue weighted by Crippen LogP contribution is -2.18. The summed E-state index contributed by atoms with van der Waals surface area (Å²) in [6.45, 7) is 3.37. The van der Waals surface area contributed by atoms with Gasteiger partial charge in [-0.25, -0.2) is 0 Å². The van der Waals surface area contributed by atoms with E-state index in [0.717, 1.165) is 17.0 Å². The maximum Gasteiger partial charge on any atom is 0.269 e. The van der Waals surface area contributed by atoms with Crippen molar-refractivity contribution in [2.24, 2.45) is 0 Å². The monoisotopic (exact) mass is 582 g/mol. The molecule has 4 aromatic rings. The molecule has 0 aliphatic rings. The van der Waals surface area contributed by atoms with Gasteiger partial charge in [-0.1, -0.05) is 63.3 Å². The first-order valence-corrected chi connectivity index (χ1v) is 15.9. The van der Waals surface area contributed by atoms with Crippen molar-refractivity contribution in [1.82, 2.24) is 0 Å². The second-order valence-corrected chi connectivity index (χ2v) is 12.4. The molecular formula is C35H38N2O2S2. The number of unbranched alkanes of at least 4 members (excludes halogenated alkanes) is 5. The van der Waals surface area contributed by atoms with E-state index in [2.05, 4.69) is 91.7 Å². The van der Waals surface area contributed by atoms with E-state index in [0.29, 0.717) is 0 Å². The van der Waals surface area contributed by atoms with Crippen molar-refractivity contribution in [1.29, 1.82) is 0 Å². The van der Waals surface area contributed by atoms with E-state index in [1.807, 2.05) is 12.2 Å². The first kappa shape index (κ1) is 30.2. The van der Waals surface area contributed by atoms with Gasteiger partial charge < -0.3 is 4.90 Å². The molecule has 2 aromatic heterocycles. The Hall–Kier alpha value is -3.74. The summed E-state index contributed by atoms with van der Waals surface area (Å²) in [4.78, 5) is 17.5. The van der Waals surface area contributed by atoms with Crippen molar-refractivity contribution in [2.75, 3.05) is 18.5 Å². The van der Waals surface area contributed by atoms with Crippen LogP contribution in [0, 0.1) is 10.1 Å². The van der Waals surface area contributed by atoms with E-state index in [1.165, 1.54) is 76.5 Å². The zero-order chi connectivity index (χ0) is 28.9. The predicted octanol–water partition coefficient (Wildman–Crippen LogP) is 11.0. The number of thiophene rings is 2. The van der Waals surface area contributed by atoms with Gasteiger partial charge in [-0.15, -0.1) is 22.7 Å². The molecule has 0 aliphatic heterocycles. The Morgan fingerprint density at radius 1 is 0.634 bits per heavy atom. The number of non-ortho nitro benzene ring substituents is 1. The summed E-state index contributed by atoms with van der Waals surface area (Å²) in [7, 11) is 2.19. The van der Waals surface area contributed by atoms with Crippen LogP contribution in [0.25, 0.3) is 36.5 Å². The molecule has 0 radical (unpaired) electrons. The van der Waals surface area contributed by atoms with E-state index in [-0.39, 0.29) is 10.6 Å². The minimum atomic E-state index is -0.381. The highest BCUT2D eigenvalue weighted by Gasteiger charge is 2.03. The van der Waals surface area contributed by atoms with E-state index >= 15 is 0 Å².